The third-order valence-electron chi connectivity index (χ3n) is 7.23. The van der Waals surface area contributed by atoms with E-state index in [0.717, 1.165) is 73.7 Å². The van der Waals surface area contributed by atoms with E-state index >= 15 is 0 Å². The van der Waals surface area contributed by atoms with Gasteiger partial charge in [0, 0.05) is 12.6 Å². The van der Waals surface area contributed by atoms with Crippen LogP contribution in [0, 0.1) is 0 Å². The van der Waals surface area contributed by atoms with E-state index in [1.807, 2.05) is 30.3 Å². The second-order valence-electron chi connectivity index (χ2n) is 9.98. The van der Waals surface area contributed by atoms with Crippen molar-refractivity contribution in [2.75, 3.05) is 33.4 Å². The second-order valence-corrected chi connectivity index (χ2v) is 9.98. The van der Waals surface area contributed by atoms with Crippen molar-refractivity contribution in [1.82, 2.24) is 10.2 Å². The number of fused-ring (bicyclic) bond motifs is 1. The van der Waals surface area contributed by atoms with E-state index in [0.29, 0.717) is 6.42 Å². The van der Waals surface area contributed by atoms with E-state index in [-0.39, 0.29) is 11.9 Å². The van der Waals surface area contributed by atoms with Gasteiger partial charge in [-0.2, -0.15) is 0 Å². The largest absolute Gasteiger partial charge is 0.497 e. The van der Waals surface area contributed by atoms with Crippen LogP contribution in [0.4, 0.5) is 0 Å². The Kier molecular flexibility index (Phi) is 7.87. The summed E-state index contributed by atoms with van der Waals surface area (Å²) < 4.78 is 11.2. The molecule has 188 valence electrons. The average molecular weight is 485 g/mol. The Morgan fingerprint density at radius 2 is 1.78 bits per heavy atom. The summed E-state index contributed by atoms with van der Waals surface area (Å²) in [6.07, 6.45) is 5.84. The first kappa shape index (κ1) is 24.4. The SMILES string of the molecule is COc1cccc(-c2ccc(CC(=O)N[C@@H](Cc3ccc4c(c3)OCCC4)CN3CCCC3)cc2)c1. The molecule has 2 aliphatic rings. The Hall–Kier alpha value is -3.31. The minimum atomic E-state index is 0.0718. The van der Waals surface area contributed by atoms with Crippen molar-refractivity contribution in [1.29, 1.82) is 0 Å². The Balaban J connectivity index is 1.23. The normalized spacial score (nSPS) is 16.1. The van der Waals surface area contributed by atoms with Crippen LogP contribution in [0.25, 0.3) is 11.1 Å². The molecule has 1 fully saturated rings. The molecule has 0 aromatic heterocycles. The maximum atomic E-state index is 13.1. The molecule has 2 heterocycles. The van der Waals surface area contributed by atoms with Crippen LogP contribution in [0.3, 0.4) is 0 Å². The minimum Gasteiger partial charge on any atom is -0.497 e. The molecule has 0 bridgehead atoms. The van der Waals surface area contributed by atoms with Crippen LogP contribution >= 0.6 is 0 Å². The van der Waals surface area contributed by atoms with Gasteiger partial charge in [0.1, 0.15) is 11.5 Å². The first-order chi connectivity index (χ1) is 17.7. The number of ether oxygens (including phenoxy) is 2. The van der Waals surface area contributed by atoms with Gasteiger partial charge in [0.2, 0.25) is 5.91 Å². The van der Waals surface area contributed by atoms with Crippen molar-refractivity contribution in [3.05, 3.63) is 83.4 Å². The quantitative estimate of drug-likeness (QED) is 0.462. The maximum Gasteiger partial charge on any atom is 0.224 e. The minimum absolute atomic E-state index is 0.0718. The molecule has 2 aliphatic heterocycles. The van der Waals surface area contributed by atoms with Gasteiger partial charge >= 0.3 is 0 Å². The number of hydrogen-bond donors (Lipinski definition) is 1. The number of benzene rings is 3. The third-order valence-corrected chi connectivity index (χ3v) is 7.23. The Labute approximate surface area is 214 Å². The van der Waals surface area contributed by atoms with E-state index in [2.05, 4.69) is 46.6 Å². The van der Waals surface area contributed by atoms with Crippen molar-refractivity contribution in [3.63, 3.8) is 0 Å². The lowest BCUT2D eigenvalue weighted by Crippen LogP contribution is -2.45. The van der Waals surface area contributed by atoms with Crippen molar-refractivity contribution in [2.24, 2.45) is 0 Å². The van der Waals surface area contributed by atoms with E-state index in [1.54, 1.807) is 7.11 Å². The number of amides is 1. The number of likely N-dealkylation sites (tertiary alicyclic amines) is 1. The van der Waals surface area contributed by atoms with Gasteiger partial charge in [0.05, 0.1) is 20.1 Å². The van der Waals surface area contributed by atoms with Gasteiger partial charge in [-0.1, -0.05) is 48.5 Å². The number of nitrogens with zero attached hydrogens (tertiary/aromatic N) is 1. The summed E-state index contributed by atoms with van der Waals surface area (Å²) >= 11 is 0. The molecule has 5 nitrogen and oxygen atoms in total. The van der Waals surface area contributed by atoms with Gasteiger partial charge < -0.3 is 19.7 Å². The highest BCUT2D eigenvalue weighted by Gasteiger charge is 2.21. The second kappa shape index (κ2) is 11.6. The molecule has 3 aromatic carbocycles. The first-order valence-electron chi connectivity index (χ1n) is 13.2. The molecule has 0 aliphatic carbocycles. The summed E-state index contributed by atoms with van der Waals surface area (Å²) in [5.74, 6) is 1.93. The third kappa shape index (κ3) is 6.27. The van der Waals surface area contributed by atoms with Crippen LogP contribution in [-0.4, -0.2) is 50.2 Å². The maximum absolute atomic E-state index is 13.1. The molecule has 5 heteroatoms. The number of aryl methyl sites for hydroxylation is 1. The molecule has 1 saturated heterocycles. The highest BCUT2D eigenvalue weighted by Crippen LogP contribution is 2.27. The lowest BCUT2D eigenvalue weighted by atomic mass is 9.99. The fourth-order valence-electron chi connectivity index (χ4n) is 5.32. The van der Waals surface area contributed by atoms with Crippen molar-refractivity contribution in [3.8, 4) is 22.6 Å². The predicted octanol–water partition coefficient (Wildman–Crippen LogP) is 5.05. The summed E-state index contributed by atoms with van der Waals surface area (Å²) in [5, 5.41) is 3.34. The molecule has 1 atom stereocenters. The van der Waals surface area contributed by atoms with Crippen molar-refractivity contribution < 1.29 is 14.3 Å². The molecular formula is C31H36N2O3. The molecule has 1 amide bonds. The first-order valence-corrected chi connectivity index (χ1v) is 13.2. The van der Waals surface area contributed by atoms with Gasteiger partial charge in [-0.3, -0.25) is 4.79 Å². The predicted molar refractivity (Wildman–Crippen MR) is 144 cm³/mol. The number of carbonyl (C=O) groups is 1. The summed E-state index contributed by atoms with van der Waals surface area (Å²) in [4.78, 5) is 15.6. The molecule has 5 rings (SSSR count). The lowest BCUT2D eigenvalue weighted by molar-refractivity contribution is -0.121. The van der Waals surface area contributed by atoms with Crippen LogP contribution in [0.2, 0.25) is 0 Å². The zero-order chi connectivity index (χ0) is 24.7. The van der Waals surface area contributed by atoms with E-state index < -0.39 is 0 Å². The fourth-order valence-corrected chi connectivity index (χ4v) is 5.32. The molecule has 0 saturated carbocycles. The Morgan fingerprint density at radius 3 is 2.58 bits per heavy atom. The van der Waals surface area contributed by atoms with Crippen molar-refractivity contribution >= 4 is 5.91 Å². The lowest BCUT2D eigenvalue weighted by Gasteiger charge is -2.25. The zero-order valence-corrected chi connectivity index (χ0v) is 21.2. The molecule has 1 N–H and O–H groups in total. The zero-order valence-electron chi connectivity index (χ0n) is 21.2. The average Bonchev–Trinajstić information content (AvgIpc) is 3.42. The molecular weight excluding hydrogens is 448 g/mol. The van der Waals surface area contributed by atoms with Crippen molar-refractivity contribution in [2.45, 2.75) is 44.6 Å². The summed E-state index contributed by atoms with van der Waals surface area (Å²) in [7, 11) is 1.68. The number of rotatable bonds is 9. The van der Waals surface area contributed by atoms with E-state index in [4.69, 9.17) is 9.47 Å². The van der Waals surface area contributed by atoms with E-state index in [9.17, 15) is 4.79 Å². The van der Waals surface area contributed by atoms with Crippen LogP contribution in [0.15, 0.2) is 66.7 Å². The van der Waals surface area contributed by atoms with Gasteiger partial charge in [-0.15, -0.1) is 0 Å². The van der Waals surface area contributed by atoms with Crippen LogP contribution < -0.4 is 14.8 Å². The number of nitrogens with one attached hydrogen (secondary N) is 1. The Morgan fingerprint density at radius 1 is 0.972 bits per heavy atom. The van der Waals surface area contributed by atoms with Gasteiger partial charge in [0.25, 0.3) is 0 Å². The number of carbonyl (C=O) groups excluding carboxylic acids is 1. The summed E-state index contributed by atoms with van der Waals surface area (Å²) in [6.45, 7) is 3.91. The molecule has 36 heavy (non-hydrogen) atoms. The van der Waals surface area contributed by atoms with Crippen LogP contribution in [-0.2, 0) is 24.1 Å². The summed E-state index contributed by atoms with van der Waals surface area (Å²) in [6, 6.07) is 22.9. The van der Waals surface area contributed by atoms with Gasteiger partial charge in [0.15, 0.2) is 0 Å². The fraction of sp³-hybridized carbons (Fsp3) is 0.387. The van der Waals surface area contributed by atoms with Crippen LogP contribution in [0.5, 0.6) is 11.5 Å². The molecule has 0 spiro atoms. The topological polar surface area (TPSA) is 50.8 Å². The van der Waals surface area contributed by atoms with Gasteiger partial charge in [-0.25, -0.2) is 0 Å². The Bertz CT molecular complexity index is 1170. The molecule has 0 radical (unpaired) electrons. The van der Waals surface area contributed by atoms with Gasteiger partial charge in [-0.05, 0) is 91.2 Å². The summed E-state index contributed by atoms with van der Waals surface area (Å²) in [5.41, 5.74) is 5.75. The highest BCUT2D eigenvalue weighted by atomic mass is 16.5. The standard InChI is InChI=1S/C31H36N2O3/c1-35-29-8-4-6-27(21-29)25-12-9-23(10-13-25)20-31(34)32-28(22-33-15-2-3-16-33)18-24-11-14-26-7-5-17-36-30(26)19-24/h4,6,8-14,19,21,28H,2-3,5,7,15-18,20,22H2,1H3,(H,32,34)/t28-/m0/s1. The van der Waals surface area contributed by atoms with E-state index in [1.165, 1.54) is 24.0 Å². The van der Waals surface area contributed by atoms with Crippen LogP contribution in [0.1, 0.15) is 36.0 Å². The molecule has 3 aromatic rings. The number of hydrogen-bond acceptors (Lipinski definition) is 4. The highest BCUT2D eigenvalue weighted by molar-refractivity contribution is 5.79. The smallest absolute Gasteiger partial charge is 0.224 e. The molecule has 0 unspecified atom stereocenters. The number of methoxy groups -OCH3 is 1. The monoisotopic (exact) mass is 484 g/mol.